The van der Waals surface area contributed by atoms with Crippen LogP contribution in [0.1, 0.15) is 42.3 Å². The van der Waals surface area contributed by atoms with Crippen LogP contribution < -0.4 is 5.32 Å². The summed E-state index contributed by atoms with van der Waals surface area (Å²) in [7, 11) is -1.23. The number of carbonyl (C=O) groups excluding carboxylic acids is 1. The molecule has 1 fully saturated rings. The van der Waals surface area contributed by atoms with Gasteiger partial charge in [0.2, 0.25) is 5.91 Å². The number of thiazole rings is 1. The number of nitrogens with zero attached hydrogens (tertiary/aromatic N) is 1. The van der Waals surface area contributed by atoms with Gasteiger partial charge in [0, 0.05) is 27.8 Å². The molecule has 1 aliphatic rings. The molecule has 1 N–H and O–H groups in total. The monoisotopic (exact) mass is 348 g/mol. The Hall–Kier alpha value is -1.53. The summed E-state index contributed by atoms with van der Waals surface area (Å²) in [5.41, 5.74) is 1.58. The molecule has 0 aliphatic heterocycles. The summed E-state index contributed by atoms with van der Waals surface area (Å²) in [5.74, 6) is 0.723. The lowest BCUT2D eigenvalue weighted by atomic mass is 10.1. The van der Waals surface area contributed by atoms with Crippen LogP contribution >= 0.6 is 11.3 Å². The SMILES string of the molecule is O=C(C[S@](=O)Cc1csc(C2CCCC2)n1)Nc1ccccc1. The first-order chi connectivity index (χ1) is 11.2. The minimum absolute atomic E-state index is 0.00514. The molecule has 2 aromatic rings. The van der Waals surface area contributed by atoms with Gasteiger partial charge in [-0.15, -0.1) is 11.3 Å². The van der Waals surface area contributed by atoms with E-state index in [0.29, 0.717) is 11.7 Å². The fourth-order valence-corrected chi connectivity index (χ4v) is 4.87. The molecule has 1 saturated carbocycles. The summed E-state index contributed by atoms with van der Waals surface area (Å²) >= 11 is 1.66. The average molecular weight is 348 g/mol. The number of nitrogens with one attached hydrogen (secondary N) is 1. The number of para-hydroxylation sites is 1. The Labute approximate surface area is 142 Å². The predicted octanol–water partition coefficient (Wildman–Crippen LogP) is 3.69. The number of rotatable bonds is 6. The van der Waals surface area contributed by atoms with E-state index < -0.39 is 10.8 Å². The molecule has 1 atom stereocenters. The number of amides is 1. The third-order valence-electron chi connectivity index (χ3n) is 3.93. The fourth-order valence-electron chi connectivity index (χ4n) is 2.83. The van der Waals surface area contributed by atoms with Crippen LogP contribution in [0, 0.1) is 0 Å². The number of benzene rings is 1. The van der Waals surface area contributed by atoms with Gasteiger partial charge in [-0.25, -0.2) is 4.98 Å². The number of anilines is 1. The molecule has 1 aromatic heterocycles. The molecule has 6 heteroatoms. The molecule has 0 saturated heterocycles. The Morgan fingerprint density at radius 1 is 1.26 bits per heavy atom. The van der Waals surface area contributed by atoms with Crippen LogP contribution in [0.3, 0.4) is 0 Å². The molecule has 1 aliphatic carbocycles. The second kappa shape index (κ2) is 7.84. The van der Waals surface area contributed by atoms with E-state index >= 15 is 0 Å². The van der Waals surface area contributed by atoms with Crippen molar-refractivity contribution in [2.75, 3.05) is 11.1 Å². The summed E-state index contributed by atoms with van der Waals surface area (Å²) in [6, 6.07) is 9.22. The zero-order chi connectivity index (χ0) is 16.1. The molecule has 3 rings (SSSR count). The highest BCUT2D eigenvalue weighted by Crippen LogP contribution is 2.35. The van der Waals surface area contributed by atoms with Gasteiger partial charge in [0.1, 0.15) is 5.75 Å². The summed E-state index contributed by atoms with van der Waals surface area (Å²) in [4.78, 5) is 16.5. The molecule has 0 spiro atoms. The van der Waals surface area contributed by atoms with Crippen LogP contribution in [0.5, 0.6) is 0 Å². The van der Waals surface area contributed by atoms with E-state index in [4.69, 9.17) is 0 Å². The largest absolute Gasteiger partial charge is 0.325 e. The van der Waals surface area contributed by atoms with E-state index in [1.165, 1.54) is 30.7 Å². The lowest BCUT2D eigenvalue weighted by Crippen LogP contribution is -2.20. The van der Waals surface area contributed by atoms with Gasteiger partial charge in [0.15, 0.2) is 0 Å². The zero-order valence-electron chi connectivity index (χ0n) is 12.9. The highest BCUT2D eigenvalue weighted by Gasteiger charge is 2.20. The van der Waals surface area contributed by atoms with E-state index in [-0.39, 0.29) is 11.7 Å². The third kappa shape index (κ3) is 4.72. The number of hydrogen-bond acceptors (Lipinski definition) is 4. The zero-order valence-corrected chi connectivity index (χ0v) is 14.5. The van der Waals surface area contributed by atoms with Gasteiger partial charge in [-0.1, -0.05) is 31.0 Å². The van der Waals surface area contributed by atoms with Crippen LogP contribution in [-0.2, 0) is 21.3 Å². The van der Waals surface area contributed by atoms with Gasteiger partial charge >= 0.3 is 0 Å². The summed E-state index contributed by atoms with van der Waals surface area (Å²) in [6.45, 7) is 0. The van der Waals surface area contributed by atoms with Gasteiger partial charge < -0.3 is 5.32 Å². The molecule has 1 aromatic carbocycles. The summed E-state index contributed by atoms with van der Waals surface area (Å²) in [6.07, 6.45) is 5.00. The second-order valence-corrected chi connectivity index (χ2v) is 8.15. The normalized spacial score (nSPS) is 16.3. The number of hydrogen-bond donors (Lipinski definition) is 1. The third-order valence-corrected chi connectivity index (χ3v) is 6.19. The Balaban J connectivity index is 1.50. The number of aromatic nitrogens is 1. The molecule has 1 heterocycles. The average Bonchev–Trinajstić information content (AvgIpc) is 3.18. The molecular weight excluding hydrogens is 328 g/mol. The van der Waals surface area contributed by atoms with E-state index in [9.17, 15) is 9.00 Å². The van der Waals surface area contributed by atoms with Crippen molar-refractivity contribution in [2.45, 2.75) is 37.4 Å². The smallest absolute Gasteiger partial charge is 0.237 e. The topological polar surface area (TPSA) is 59.1 Å². The van der Waals surface area contributed by atoms with E-state index in [1.54, 1.807) is 11.3 Å². The van der Waals surface area contributed by atoms with Crippen molar-refractivity contribution in [2.24, 2.45) is 0 Å². The van der Waals surface area contributed by atoms with Crippen LogP contribution in [0.4, 0.5) is 5.69 Å². The molecular formula is C17H20N2O2S2. The van der Waals surface area contributed by atoms with Gasteiger partial charge in [-0.3, -0.25) is 9.00 Å². The maximum absolute atomic E-state index is 12.2. The summed E-state index contributed by atoms with van der Waals surface area (Å²) < 4.78 is 12.2. The van der Waals surface area contributed by atoms with Crippen molar-refractivity contribution < 1.29 is 9.00 Å². The van der Waals surface area contributed by atoms with Gasteiger partial charge in [-0.05, 0) is 25.0 Å². The standard InChI is InChI=1S/C17H20N2O2S2/c20-16(18-14-8-2-1-3-9-14)12-23(21)11-15-10-22-17(19-15)13-6-4-5-7-13/h1-3,8-10,13H,4-7,11-12H2,(H,18,20)/t23-/m1/s1. The van der Waals surface area contributed by atoms with E-state index in [0.717, 1.165) is 11.4 Å². The summed E-state index contributed by atoms with van der Waals surface area (Å²) in [5, 5.41) is 5.92. The molecule has 23 heavy (non-hydrogen) atoms. The van der Waals surface area contributed by atoms with Crippen molar-refractivity contribution in [3.8, 4) is 0 Å². The fraction of sp³-hybridized carbons (Fsp3) is 0.412. The minimum Gasteiger partial charge on any atom is -0.325 e. The molecule has 0 bridgehead atoms. The molecule has 4 nitrogen and oxygen atoms in total. The number of carbonyl (C=O) groups is 1. The van der Waals surface area contributed by atoms with Crippen molar-refractivity contribution in [3.05, 3.63) is 46.4 Å². The van der Waals surface area contributed by atoms with Gasteiger partial charge in [0.25, 0.3) is 0 Å². The Bertz CT molecular complexity index is 679. The highest BCUT2D eigenvalue weighted by atomic mass is 32.2. The van der Waals surface area contributed by atoms with Crippen LogP contribution in [0.15, 0.2) is 35.7 Å². The molecule has 122 valence electrons. The molecule has 0 radical (unpaired) electrons. The maximum Gasteiger partial charge on any atom is 0.237 e. The van der Waals surface area contributed by atoms with E-state index in [1.807, 2.05) is 35.7 Å². The van der Waals surface area contributed by atoms with Crippen LogP contribution in [-0.4, -0.2) is 20.9 Å². The van der Waals surface area contributed by atoms with Gasteiger partial charge in [0.05, 0.1) is 16.5 Å². The first-order valence-electron chi connectivity index (χ1n) is 7.85. The Kier molecular flexibility index (Phi) is 5.56. The maximum atomic E-state index is 12.2. The minimum atomic E-state index is -1.23. The van der Waals surface area contributed by atoms with Crippen LogP contribution in [0.2, 0.25) is 0 Å². The first-order valence-corrected chi connectivity index (χ1v) is 10.2. The molecule has 0 unspecified atom stereocenters. The van der Waals surface area contributed by atoms with Crippen molar-refractivity contribution in [1.82, 2.24) is 4.98 Å². The predicted molar refractivity (Wildman–Crippen MR) is 95.1 cm³/mol. The van der Waals surface area contributed by atoms with Crippen molar-refractivity contribution in [3.63, 3.8) is 0 Å². The lowest BCUT2D eigenvalue weighted by Gasteiger charge is -2.05. The lowest BCUT2D eigenvalue weighted by molar-refractivity contribution is -0.113. The van der Waals surface area contributed by atoms with Crippen molar-refractivity contribution >= 4 is 33.7 Å². The highest BCUT2D eigenvalue weighted by molar-refractivity contribution is 7.84. The Morgan fingerprint density at radius 2 is 2.00 bits per heavy atom. The molecule has 1 amide bonds. The van der Waals surface area contributed by atoms with Crippen molar-refractivity contribution in [1.29, 1.82) is 0 Å². The first kappa shape index (κ1) is 16.3. The quantitative estimate of drug-likeness (QED) is 0.866. The van der Waals surface area contributed by atoms with E-state index in [2.05, 4.69) is 10.3 Å². The van der Waals surface area contributed by atoms with Gasteiger partial charge in [-0.2, -0.15) is 0 Å². The Morgan fingerprint density at radius 3 is 2.74 bits per heavy atom. The second-order valence-electron chi connectivity index (χ2n) is 5.80. The van der Waals surface area contributed by atoms with Crippen LogP contribution in [0.25, 0.3) is 0 Å².